The van der Waals surface area contributed by atoms with Crippen LogP contribution in [0.15, 0.2) is 12.3 Å². The third-order valence-electron chi connectivity index (χ3n) is 3.02. The van der Waals surface area contributed by atoms with Crippen LogP contribution in [-0.2, 0) is 4.74 Å². The molecule has 18 heavy (non-hydrogen) atoms. The van der Waals surface area contributed by atoms with Crippen molar-refractivity contribution in [1.82, 2.24) is 9.97 Å². The van der Waals surface area contributed by atoms with Gasteiger partial charge in [0.25, 0.3) is 0 Å². The molecule has 0 bridgehead atoms. The van der Waals surface area contributed by atoms with Gasteiger partial charge in [0.05, 0.1) is 7.11 Å². The highest BCUT2D eigenvalue weighted by atomic mass is 16.5. The van der Waals surface area contributed by atoms with Gasteiger partial charge in [-0.15, -0.1) is 0 Å². The number of aromatic nitrogens is 2. The first-order valence-electron chi connectivity index (χ1n) is 6.04. The van der Waals surface area contributed by atoms with Crippen molar-refractivity contribution in [1.29, 1.82) is 0 Å². The molecule has 0 saturated heterocycles. The minimum Gasteiger partial charge on any atom is -0.473 e. The predicted octanol–water partition coefficient (Wildman–Crippen LogP) is 0.912. The molecule has 0 amide bonds. The summed E-state index contributed by atoms with van der Waals surface area (Å²) in [5, 5.41) is 0. The second-order valence-electron chi connectivity index (χ2n) is 4.31. The first-order chi connectivity index (χ1) is 8.70. The molecule has 2 unspecified atom stereocenters. The molecule has 0 radical (unpaired) electrons. The van der Waals surface area contributed by atoms with Crippen LogP contribution in [0.25, 0.3) is 0 Å². The first-order valence-corrected chi connectivity index (χ1v) is 6.04. The van der Waals surface area contributed by atoms with Crippen LogP contribution in [0.3, 0.4) is 0 Å². The van der Waals surface area contributed by atoms with Crippen molar-refractivity contribution in [3.8, 4) is 5.88 Å². The molecule has 1 aromatic rings. The molecule has 1 aliphatic carbocycles. The highest BCUT2D eigenvalue weighted by Crippen LogP contribution is 2.21. The maximum atomic E-state index is 11.3. The fourth-order valence-electron chi connectivity index (χ4n) is 2.02. The number of hydrogen-bond donors (Lipinski definition) is 1. The second-order valence-corrected chi connectivity index (χ2v) is 4.31. The lowest BCUT2D eigenvalue weighted by molar-refractivity contribution is 0.0582. The van der Waals surface area contributed by atoms with Crippen LogP contribution < -0.4 is 10.5 Å². The van der Waals surface area contributed by atoms with E-state index in [0.29, 0.717) is 5.88 Å². The van der Waals surface area contributed by atoms with E-state index in [1.807, 2.05) is 0 Å². The fraction of sp³-hybridized carbons (Fsp3) is 0.583. The summed E-state index contributed by atoms with van der Waals surface area (Å²) in [4.78, 5) is 19.1. The molecule has 98 valence electrons. The van der Waals surface area contributed by atoms with Gasteiger partial charge >= 0.3 is 5.97 Å². The van der Waals surface area contributed by atoms with E-state index in [0.717, 1.165) is 25.7 Å². The summed E-state index contributed by atoms with van der Waals surface area (Å²) in [6.07, 6.45) is 5.55. The molecule has 2 N–H and O–H groups in total. The van der Waals surface area contributed by atoms with Gasteiger partial charge in [0, 0.05) is 18.3 Å². The smallest absolute Gasteiger partial charge is 0.376 e. The Labute approximate surface area is 106 Å². The molecule has 2 atom stereocenters. The Hall–Kier alpha value is -1.69. The monoisotopic (exact) mass is 251 g/mol. The molecule has 1 heterocycles. The van der Waals surface area contributed by atoms with Crippen LogP contribution in [-0.4, -0.2) is 35.2 Å². The van der Waals surface area contributed by atoms with Crippen LogP contribution in [0, 0.1) is 0 Å². The van der Waals surface area contributed by atoms with Gasteiger partial charge < -0.3 is 15.2 Å². The third kappa shape index (κ3) is 2.95. The third-order valence-corrected chi connectivity index (χ3v) is 3.02. The molecule has 1 aromatic heterocycles. The summed E-state index contributed by atoms with van der Waals surface area (Å²) in [7, 11) is 1.29. The lowest BCUT2D eigenvalue weighted by Crippen LogP contribution is -2.41. The molecule has 1 fully saturated rings. The summed E-state index contributed by atoms with van der Waals surface area (Å²) in [6.45, 7) is 0. The number of nitrogens with zero attached hydrogens (tertiary/aromatic N) is 2. The SMILES string of the molecule is COC(=O)c1nccc(OC2CCCCC2N)n1. The Kier molecular flexibility index (Phi) is 4.09. The van der Waals surface area contributed by atoms with E-state index in [4.69, 9.17) is 10.5 Å². The van der Waals surface area contributed by atoms with Crippen LogP contribution >= 0.6 is 0 Å². The van der Waals surface area contributed by atoms with Crippen LogP contribution in [0.2, 0.25) is 0 Å². The number of esters is 1. The summed E-state index contributed by atoms with van der Waals surface area (Å²) >= 11 is 0. The Morgan fingerprint density at radius 3 is 2.94 bits per heavy atom. The van der Waals surface area contributed by atoms with E-state index in [1.165, 1.54) is 13.3 Å². The average Bonchev–Trinajstić information content (AvgIpc) is 2.41. The molecule has 2 rings (SSSR count). The second kappa shape index (κ2) is 5.77. The molecule has 0 aliphatic heterocycles. The van der Waals surface area contributed by atoms with Crippen molar-refractivity contribution >= 4 is 5.97 Å². The van der Waals surface area contributed by atoms with Crippen LogP contribution in [0.5, 0.6) is 5.88 Å². The predicted molar refractivity (Wildman–Crippen MR) is 64.2 cm³/mol. The first kappa shape index (κ1) is 12.8. The molecule has 6 heteroatoms. The summed E-state index contributed by atoms with van der Waals surface area (Å²) < 4.78 is 10.3. The van der Waals surface area contributed by atoms with E-state index >= 15 is 0 Å². The molecular weight excluding hydrogens is 234 g/mol. The minimum atomic E-state index is -0.576. The standard InChI is InChI=1S/C12H17N3O3/c1-17-12(16)11-14-7-6-10(15-11)18-9-5-3-2-4-8(9)13/h6-9H,2-5,13H2,1H3. The normalized spacial score (nSPS) is 23.4. The summed E-state index contributed by atoms with van der Waals surface area (Å²) in [6, 6.07) is 1.64. The van der Waals surface area contributed by atoms with E-state index in [-0.39, 0.29) is 18.0 Å². The fourth-order valence-corrected chi connectivity index (χ4v) is 2.02. The average molecular weight is 251 g/mol. The van der Waals surface area contributed by atoms with Crippen molar-refractivity contribution in [2.75, 3.05) is 7.11 Å². The van der Waals surface area contributed by atoms with E-state index in [9.17, 15) is 4.79 Å². The number of carbonyl (C=O) groups is 1. The van der Waals surface area contributed by atoms with Gasteiger partial charge in [-0.3, -0.25) is 0 Å². The van der Waals surface area contributed by atoms with E-state index < -0.39 is 5.97 Å². The van der Waals surface area contributed by atoms with Crippen LogP contribution in [0.1, 0.15) is 36.3 Å². The molecule has 1 aliphatic rings. The van der Waals surface area contributed by atoms with Gasteiger partial charge in [0.2, 0.25) is 11.7 Å². The van der Waals surface area contributed by atoms with Gasteiger partial charge in [0.1, 0.15) is 6.10 Å². The Balaban J connectivity index is 2.06. The van der Waals surface area contributed by atoms with Crippen LogP contribution in [0.4, 0.5) is 0 Å². The number of nitrogens with two attached hydrogens (primary N) is 1. The maximum Gasteiger partial charge on any atom is 0.376 e. The van der Waals surface area contributed by atoms with Gasteiger partial charge in [-0.25, -0.2) is 9.78 Å². The minimum absolute atomic E-state index is 0.000573. The lowest BCUT2D eigenvalue weighted by atomic mass is 9.93. The molecule has 0 spiro atoms. The summed E-state index contributed by atoms with van der Waals surface area (Å²) in [5.74, 6) is -0.208. The zero-order chi connectivity index (χ0) is 13.0. The van der Waals surface area contributed by atoms with Crippen molar-refractivity contribution in [2.24, 2.45) is 5.73 Å². The van der Waals surface area contributed by atoms with Crippen molar-refractivity contribution in [3.63, 3.8) is 0 Å². The number of ether oxygens (including phenoxy) is 2. The van der Waals surface area contributed by atoms with E-state index in [2.05, 4.69) is 14.7 Å². The molecule has 1 saturated carbocycles. The lowest BCUT2D eigenvalue weighted by Gasteiger charge is -2.28. The number of hydrogen-bond acceptors (Lipinski definition) is 6. The number of carbonyl (C=O) groups excluding carboxylic acids is 1. The highest BCUT2D eigenvalue weighted by Gasteiger charge is 2.24. The number of rotatable bonds is 3. The largest absolute Gasteiger partial charge is 0.473 e. The zero-order valence-corrected chi connectivity index (χ0v) is 10.3. The topological polar surface area (TPSA) is 87.3 Å². The highest BCUT2D eigenvalue weighted by molar-refractivity contribution is 5.84. The van der Waals surface area contributed by atoms with Gasteiger partial charge in [0.15, 0.2) is 0 Å². The van der Waals surface area contributed by atoms with Crippen molar-refractivity contribution < 1.29 is 14.3 Å². The van der Waals surface area contributed by atoms with Gasteiger partial charge in [-0.2, -0.15) is 4.98 Å². The maximum absolute atomic E-state index is 11.3. The zero-order valence-electron chi connectivity index (χ0n) is 10.3. The summed E-state index contributed by atoms with van der Waals surface area (Å²) in [5.41, 5.74) is 5.99. The Morgan fingerprint density at radius 2 is 2.22 bits per heavy atom. The molecule has 6 nitrogen and oxygen atoms in total. The molecule has 0 aromatic carbocycles. The van der Waals surface area contributed by atoms with Gasteiger partial charge in [-0.05, 0) is 19.3 Å². The Morgan fingerprint density at radius 1 is 1.44 bits per heavy atom. The molecular formula is C12H17N3O3. The van der Waals surface area contributed by atoms with Gasteiger partial charge in [-0.1, -0.05) is 6.42 Å². The van der Waals surface area contributed by atoms with E-state index in [1.54, 1.807) is 6.07 Å². The Bertz CT molecular complexity index is 425. The van der Waals surface area contributed by atoms with Crippen molar-refractivity contribution in [3.05, 3.63) is 18.1 Å². The van der Waals surface area contributed by atoms with Crippen molar-refractivity contribution in [2.45, 2.75) is 37.8 Å². The number of methoxy groups -OCH3 is 1. The quantitative estimate of drug-likeness (QED) is 0.803.